The lowest BCUT2D eigenvalue weighted by molar-refractivity contribution is -0.00304. The molecule has 4 rings (SSSR count). The summed E-state index contributed by atoms with van der Waals surface area (Å²) in [6.07, 6.45) is 3.27. The Morgan fingerprint density at radius 3 is 2.79 bits per heavy atom. The zero-order chi connectivity index (χ0) is 19.8. The van der Waals surface area contributed by atoms with Gasteiger partial charge in [-0.25, -0.2) is 9.07 Å². The maximum atomic E-state index is 14.3. The molecule has 1 aromatic carbocycles. The molecule has 0 bridgehead atoms. The van der Waals surface area contributed by atoms with Gasteiger partial charge in [-0.05, 0) is 26.0 Å². The number of benzene rings is 1. The van der Waals surface area contributed by atoms with Gasteiger partial charge in [-0.15, -0.1) is 0 Å². The van der Waals surface area contributed by atoms with E-state index in [1.54, 1.807) is 51.9 Å². The first-order valence-electron chi connectivity index (χ1n) is 9.15. The van der Waals surface area contributed by atoms with Gasteiger partial charge in [-0.1, -0.05) is 12.1 Å². The molecule has 146 valence electrons. The number of hydrogen-bond acceptors (Lipinski definition) is 4. The van der Waals surface area contributed by atoms with Gasteiger partial charge in [0.25, 0.3) is 5.91 Å². The lowest BCUT2D eigenvalue weighted by Gasteiger charge is -2.35. The minimum absolute atomic E-state index is 0.0983. The van der Waals surface area contributed by atoms with Crippen LogP contribution in [0.5, 0.6) is 0 Å². The highest BCUT2D eigenvalue weighted by Gasteiger charge is 2.34. The second kappa shape index (κ2) is 7.20. The first-order valence-corrected chi connectivity index (χ1v) is 9.15. The predicted molar refractivity (Wildman–Crippen MR) is 101 cm³/mol. The Bertz CT molecular complexity index is 1030. The molecule has 1 atom stereocenters. The molecule has 1 amide bonds. The van der Waals surface area contributed by atoms with Crippen molar-refractivity contribution < 1.29 is 13.9 Å². The number of carbonyl (C=O) groups excluding carboxylic acids is 1. The standard InChI is InChI=1S/C20H22FN5O2/c1-13-19(14(2)26(23-13)17-7-5-4-6-16(17)21)18-12-28-9-8-25(18)20(27)15-10-22-24(3)11-15/h4-7,10-11,18H,8-9,12H2,1-3H3/t18-/m0/s1. The molecular weight excluding hydrogens is 361 g/mol. The van der Waals surface area contributed by atoms with E-state index in [1.165, 1.54) is 6.07 Å². The summed E-state index contributed by atoms with van der Waals surface area (Å²) in [4.78, 5) is 14.9. The largest absolute Gasteiger partial charge is 0.377 e. The number of aryl methyl sites for hydroxylation is 2. The van der Waals surface area contributed by atoms with Crippen molar-refractivity contribution in [1.82, 2.24) is 24.5 Å². The molecule has 1 aliphatic rings. The summed E-state index contributed by atoms with van der Waals surface area (Å²) in [5.41, 5.74) is 3.35. The number of carbonyl (C=O) groups is 1. The molecule has 0 N–H and O–H groups in total. The van der Waals surface area contributed by atoms with E-state index >= 15 is 0 Å². The Hall–Kier alpha value is -3.00. The van der Waals surface area contributed by atoms with E-state index in [4.69, 9.17) is 4.74 Å². The Morgan fingerprint density at radius 2 is 2.07 bits per heavy atom. The topological polar surface area (TPSA) is 65.2 Å². The van der Waals surface area contributed by atoms with Crippen LogP contribution in [-0.2, 0) is 11.8 Å². The highest BCUT2D eigenvalue weighted by Crippen LogP contribution is 2.32. The molecule has 0 aliphatic carbocycles. The van der Waals surface area contributed by atoms with Crippen molar-refractivity contribution in [1.29, 1.82) is 0 Å². The number of amides is 1. The molecule has 1 fully saturated rings. The summed E-state index contributed by atoms with van der Waals surface area (Å²) in [5, 5.41) is 8.65. The number of para-hydroxylation sites is 1. The van der Waals surface area contributed by atoms with Gasteiger partial charge >= 0.3 is 0 Å². The van der Waals surface area contributed by atoms with Crippen molar-refractivity contribution >= 4 is 5.91 Å². The van der Waals surface area contributed by atoms with Crippen molar-refractivity contribution in [2.45, 2.75) is 19.9 Å². The first-order chi connectivity index (χ1) is 13.5. The van der Waals surface area contributed by atoms with E-state index < -0.39 is 0 Å². The van der Waals surface area contributed by atoms with Gasteiger partial charge in [0.2, 0.25) is 0 Å². The lowest BCUT2D eigenvalue weighted by atomic mass is 10.0. The normalized spacial score (nSPS) is 17.1. The van der Waals surface area contributed by atoms with Crippen LogP contribution in [0.25, 0.3) is 5.69 Å². The molecule has 3 aromatic rings. The highest BCUT2D eigenvalue weighted by molar-refractivity contribution is 5.94. The fourth-order valence-corrected chi connectivity index (χ4v) is 3.78. The van der Waals surface area contributed by atoms with E-state index in [2.05, 4.69) is 10.2 Å². The average Bonchev–Trinajstić information content (AvgIpc) is 3.25. The van der Waals surface area contributed by atoms with Crippen LogP contribution in [0.4, 0.5) is 4.39 Å². The predicted octanol–water partition coefficient (Wildman–Crippen LogP) is 2.58. The Kier molecular flexibility index (Phi) is 4.72. The minimum atomic E-state index is -0.345. The molecular formula is C20H22FN5O2. The van der Waals surface area contributed by atoms with Crippen LogP contribution in [0.1, 0.15) is 33.4 Å². The van der Waals surface area contributed by atoms with Crippen molar-refractivity contribution in [3.05, 3.63) is 65.0 Å². The van der Waals surface area contributed by atoms with E-state index in [-0.39, 0.29) is 17.8 Å². The number of hydrogen-bond donors (Lipinski definition) is 0. The quantitative estimate of drug-likeness (QED) is 0.697. The smallest absolute Gasteiger partial charge is 0.257 e. The maximum absolute atomic E-state index is 14.3. The number of nitrogens with zero attached hydrogens (tertiary/aromatic N) is 5. The molecule has 28 heavy (non-hydrogen) atoms. The molecule has 8 heteroatoms. The van der Waals surface area contributed by atoms with Crippen LogP contribution in [0.15, 0.2) is 36.7 Å². The Balaban J connectivity index is 1.74. The van der Waals surface area contributed by atoms with Gasteiger partial charge in [-0.3, -0.25) is 9.48 Å². The second-order valence-corrected chi connectivity index (χ2v) is 6.94. The van der Waals surface area contributed by atoms with Crippen molar-refractivity contribution in [3.63, 3.8) is 0 Å². The lowest BCUT2D eigenvalue weighted by Crippen LogP contribution is -2.43. The third-order valence-corrected chi connectivity index (χ3v) is 5.10. The van der Waals surface area contributed by atoms with Crippen molar-refractivity contribution in [3.8, 4) is 5.69 Å². The number of aromatic nitrogens is 4. The van der Waals surface area contributed by atoms with E-state index in [1.807, 2.05) is 13.8 Å². The van der Waals surface area contributed by atoms with Gasteiger partial charge in [-0.2, -0.15) is 10.2 Å². The van der Waals surface area contributed by atoms with Crippen LogP contribution in [-0.4, -0.2) is 50.1 Å². The summed E-state index contributed by atoms with van der Waals surface area (Å²) >= 11 is 0. The summed E-state index contributed by atoms with van der Waals surface area (Å²) < 4.78 is 23.2. The van der Waals surface area contributed by atoms with Gasteiger partial charge in [0.15, 0.2) is 0 Å². The fourth-order valence-electron chi connectivity index (χ4n) is 3.78. The van der Waals surface area contributed by atoms with Crippen LogP contribution < -0.4 is 0 Å². The third kappa shape index (κ3) is 3.09. The summed E-state index contributed by atoms with van der Waals surface area (Å²) in [5.74, 6) is -0.443. The van der Waals surface area contributed by atoms with E-state index in [0.29, 0.717) is 31.0 Å². The van der Waals surface area contributed by atoms with Crippen LogP contribution >= 0.6 is 0 Å². The molecule has 0 unspecified atom stereocenters. The summed E-state index contributed by atoms with van der Waals surface area (Å²) in [7, 11) is 1.78. The summed E-state index contributed by atoms with van der Waals surface area (Å²) in [6.45, 7) is 5.09. The zero-order valence-corrected chi connectivity index (χ0v) is 16.1. The Morgan fingerprint density at radius 1 is 1.29 bits per heavy atom. The van der Waals surface area contributed by atoms with E-state index in [0.717, 1.165) is 17.0 Å². The van der Waals surface area contributed by atoms with Crippen LogP contribution in [0.3, 0.4) is 0 Å². The Labute approximate surface area is 162 Å². The zero-order valence-electron chi connectivity index (χ0n) is 16.1. The third-order valence-electron chi connectivity index (χ3n) is 5.10. The SMILES string of the molecule is Cc1nn(-c2ccccc2F)c(C)c1[C@@H]1COCCN1C(=O)c1cnn(C)c1. The molecule has 0 radical (unpaired) electrons. The average molecular weight is 383 g/mol. The van der Waals surface area contributed by atoms with Crippen LogP contribution in [0, 0.1) is 19.7 Å². The monoisotopic (exact) mass is 383 g/mol. The number of ether oxygens (including phenoxy) is 1. The van der Waals surface area contributed by atoms with E-state index in [9.17, 15) is 9.18 Å². The van der Waals surface area contributed by atoms with Crippen molar-refractivity contribution in [2.75, 3.05) is 19.8 Å². The second-order valence-electron chi connectivity index (χ2n) is 6.94. The molecule has 0 spiro atoms. The number of halogens is 1. The highest BCUT2D eigenvalue weighted by atomic mass is 19.1. The van der Waals surface area contributed by atoms with Gasteiger partial charge < -0.3 is 9.64 Å². The molecule has 0 saturated carbocycles. The fraction of sp³-hybridized carbons (Fsp3) is 0.350. The number of morpholine rings is 1. The number of rotatable bonds is 3. The van der Waals surface area contributed by atoms with Gasteiger partial charge in [0.05, 0.1) is 36.7 Å². The molecule has 7 nitrogen and oxygen atoms in total. The van der Waals surface area contributed by atoms with Crippen LogP contribution in [0.2, 0.25) is 0 Å². The summed E-state index contributed by atoms with van der Waals surface area (Å²) in [6, 6.07) is 6.23. The first kappa shape index (κ1) is 18.4. The van der Waals surface area contributed by atoms with Gasteiger partial charge in [0, 0.05) is 31.0 Å². The van der Waals surface area contributed by atoms with Gasteiger partial charge in [0.1, 0.15) is 11.5 Å². The maximum Gasteiger partial charge on any atom is 0.257 e. The minimum Gasteiger partial charge on any atom is -0.377 e. The molecule has 3 heterocycles. The molecule has 2 aromatic heterocycles. The molecule has 1 aliphatic heterocycles. The molecule has 1 saturated heterocycles. The van der Waals surface area contributed by atoms with Crippen molar-refractivity contribution in [2.24, 2.45) is 7.05 Å².